The van der Waals surface area contributed by atoms with Crippen LogP contribution in [0.5, 0.6) is 0 Å². The molecule has 0 N–H and O–H groups in total. The van der Waals surface area contributed by atoms with Gasteiger partial charge in [0.05, 0.1) is 8.07 Å². The van der Waals surface area contributed by atoms with E-state index >= 15 is 0 Å². The molecular weight excluding hydrogens is 483 g/mol. The van der Waals surface area contributed by atoms with Crippen molar-refractivity contribution < 1.29 is 58.9 Å². The maximum atomic E-state index is 3.90. The number of allylic oxidation sites excluding steroid dienone is 4. The van der Waals surface area contributed by atoms with Crippen LogP contribution in [0.4, 0.5) is 0 Å². The average molecular weight is 510 g/mol. The van der Waals surface area contributed by atoms with Crippen LogP contribution in [0.3, 0.4) is 0 Å². The summed E-state index contributed by atoms with van der Waals surface area (Å²) in [5.41, 5.74) is 4.26. The Bertz CT molecular complexity index is 1060. The van der Waals surface area contributed by atoms with Gasteiger partial charge in [0, 0.05) is 0 Å². The molecule has 0 fully saturated rings. The molecule has 1 aliphatic carbocycles. The van der Waals surface area contributed by atoms with Crippen molar-refractivity contribution in [1.82, 2.24) is 0 Å². The van der Waals surface area contributed by atoms with Crippen molar-refractivity contribution in [2.75, 3.05) is 0 Å². The molecule has 5 heteroatoms. The van der Waals surface area contributed by atoms with Crippen LogP contribution in [0.2, 0.25) is 18.1 Å². The van der Waals surface area contributed by atoms with Crippen LogP contribution in [-0.2, 0) is 21.7 Å². The van der Waals surface area contributed by atoms with E-state index in [1.165, 1.54) is 38.3 Å². The van der Waals surface area contributed by atoms with Crippen molar-refractivity contribution in [1.29, 1.82) is 0 Å². The van der Waals surface area contributed by atoms with Gasteiger partial charge in [0.2, 0.25) is 0 Å². The molecule has 3 aromatic carbocycles. The summed E-state index contributed by atoms with van der Waals surface area (Å²) in [5.74, 6) is 0. The van der Waals surface area contributed by atoms with Gasteiger partial charge in [-0.25, -0.2) is 5.57 Å². The van der Waals surface area contributed by atoms with Crippen LogP contribution in [0.25, 0.3) is 21.5 Å². The van der Waals surface area contributed by atoms with Gasteiger partial charge in [-0.15, -0.1) is 6.92 Å². The van der Waals surface area contributed by atoms with Gasteiger partial charge in [-0.05, 0) is 32.8 Å². The zero-order valence-electron chi connectivity index (χ0n) is 18.3. The Morgan fingerprint density at radius 2 is 1.20 bits per heavy atom. The quantitative estimate of drug-likeness (QED) is 0.209. The Hall–Kier alpha value is -0.539. The Kier molecular flexibility index (Phi) is 10.2. The second-order valence-electron chi connectivity index (χ2n) is 8.44. The first-order valence-corrected chi connectivity index (χ1v) is 12.5. The second-order valence-corrected chi connectivity index (χ2v) is 13.2. The topological polar surface area (TPSA) is 0 Å². The number of fused-ring (bicyclic) bond motifs is 2. The van der Waals surface area contributed by atoms with Crippen molar-refractivity contribution in [2.24, 2.45) is 0 Å². The molecule has 156 valence electrons. The fourth-order valence-electron chi connectivity index (χ4n) is 4.78. The third-order valence-electron chi connectivity index (χ3n) is 6.96. The van der Waals surface area contributed by atoms with Crippen LogP contribution >= 0.6 is 0 Å². The fraction of sp³-hybridized carbons (Fsp3) is 0.280. The molecule has 0 saturated carbocycles. The molecule has 0 saturated heterocycles. The van der Waals surface area contributed by atoms with Crippen LogP contribution in [-0.4, -0.2) is 8.07 Å². The van der Waals surface area contributed by atoms with E-state index in [2.05, 4.69) is 101 Å². The Balaban J connectivity index is 0.00000210. The first-order chi connectivity index (χ1) is 12.3. The van der Waals surface area contributed by atoms with E-state index in [-0.39, 0.29) is 64.0 Å². The maximum Gasteiger partial charge on any atom is 4.00 e. The molecule has 3 aromatic rings. The number of hydrogen-bond acceptors (Lipinski definition) is 0. The summed E-state index contributed by atoms with van der Waals surface area (Å²) in [4.78, 5) is 0. The molecule has 1 atom stereocenters. The first-order valence-electron chi connectivity index (χ1n) is 9.48. The summed E-state index contributed by atoms with van der Waals surface area (Å²) in [6.07, 6.45) is 3.90. The molecule has 0 radical (unpaired) electrons. The van der Waals surface area contributed by atoms with Gasteiger partial charge in [-0.2, -0.15) is 11.1 Å². The van der Waals surface area contributed by atoms with E-state index in [4.69, 9.17) is 0 Å². The van der Waals surface area contributed by atoms with Gasteiger partial charge in [0.25, 0.3) is 0 Å². The summed E-state index contributed by atoms with van der Waals surface area (Å²) in [5, 5.41) is 7.13. The molecule has 0 amide bonds. The molecule has 1 unspecified atom stereocenters. The minimum atomic E-state index is -1.94. The molecule has 0 nitrogen and oxygen atoms in total. The van der Waals surface area contributed by atoms with E-state index in [9.17, 15) is 0 Å². The van der Waals surface area contributed by atoms with E-state index < -0.39 is 8.07 Å². The Morgan fingerprint density at radius 3 is 1.60 bits per heavy atom. The van der Waals surface area contributed by atoms with Crippen molar-refractivity contribution in [3.05, 3.63) is 77.4 Å². The van der Waals surface area contributed by atoms with Gasteiger partial charge >= 0.3 is 21.7 Å². The third-order valence-corrected chi connectivity index (χ3v) is 11.7. The fourth-order valence-corrected chi connectivity index (χ4v) is 8.71. The molecule has 1 aliphatic rings. The van der Waals surface area contributed by atoms with Gasteiger partial charge in [0.15, 0.2) is 0 Å². The standard InChI is InChI=1S/C25H27Si.3ClH.Ti/c1-17-16-25(4,19(3)18(17)2)26(5,6)24-22-13-9-7-11-20(22)15-21-12-8-10-14-23(21)24;;;;/h7-15H,1-6H3;3*1H;/q-1;;;;+4/p-3. The van der Waals surface area contributed by atoms with Gasteiger partial charge in [0.1, 0.15) is 0 Å². The van der Waals surface area contributed by atoms with E-state index in [1.807, 2.05) is 0 Å². The van der Waals surface area contributed by atoms with E-state index in [0.717, 1.165) is 0 Å². The van der Waals surface area contributed by atoms with Crippen LogP contribution in [0.1, 0.15) is 27.7 Å². The van der Waals surface area contributed by atoms with E-state index in [0.29, 0.717) is 0 Å². The molecule has 0 aromatic heterocycles. The maximum absolute atomic E-state index is 3.90. The molecule has 0 heterocycles. The minimum absolute atomic E-state index is 0. The number of rotatable bonds is 2. The summed E-state index contributed by atoms with van der Waals surface area (Å²) in [6, 6.07) is 20.1. The predicted octanol–water partition coefficient (Wildman–Crippen LogP) is -2.22. The zero-order valence-corrected chi connectivity index (χ0v) is 23.2. The molecule has 0 bridgehead atoms. The number of hydrogen-bond donors (Lipinski definition) is 0. The van der Waals surface area contributed by atoms with Gasteiger partial charge in [-0.3, -0.25) is 6.08 Å². The van der Waals surface area contributed by atoms with Gasteiger partial charge in [-0.1, -0.05) is 87.4 Å². The molecule has 0 spiro atoms. The number of benzene rings is 3. The minimum Gasteiger partial charge on any atom is -1.00 e. The molecule has 4 rings (SSSR count). The largest absolute Gasteiger partial charge is 4.00 e. The van der Waals surface area contributed by atoms with Crippen molar-refractivity contribution in [2.45, 2.75) is 45.8 Å². The predicted molar refractivity (Wildman–Crippen MR) is 118 cm³/mol. The van der Waals surface area contributed by atoms with Gasteiger partial charge < -0.3 is 37.2 Å². The van der Waals surface area contributed by atoms with Crippen LogP contribution < -0.4 is 42.4 Å². The molecule has 30 heavy (non-hydrogen) atoms. The second kappa shape index (κ2) is 10.4. The normalized spacial score (nSPS) is 18.1. The average Bonchev–Trinajstić information content (AvgIpc) is 2.83. The Morgan fingerprint density at radius 1 is 0.767 bits per heavy atom. The SMILES string of the molecule is CC1=[C-]C(C)([Si](C)(C)c2c3ccccc3cc3ccccc23)C(C)=C1C.[Cl-].[Cl-].[Cl-].[Ti+4]. The zero-order chi connectivity index (χ0) is 18.7. The van der Waals surface area contributed by atoms with Crippen LogP contribution in [0, 0.1) is 6.08 Å². The number of halogens is 3. The van der Waals surface area contributed by atoms with Crippen molar-refractivity contribution in [3.8, 4) is 0 Å². The van der Waals surface area contributed by atoms with Crippen molar-refractivity contribution >= 4 is 34.8 Å². The molecular formula is C25H27Cl3SiTi. The smallest absolute Gasteiger partial charge is 1.00 e. The van der Waals surface area contributed by atoms with Crippen molar-refractivity contribution in [3.63, 3.8) is 0 Å². The Labute approximate surface area is 215 Å². The summed E-state index contributed by atoms with van der Waals surface area (Å²) in [7, 11) is -1.94. The van der Waals surface area contributed by atoms with E-state index in [1.54, 1.807) is 5.19 Å². The first kappa shape index (κ1) is 29.5. The summed E-state index contributed by atoms with van der Waals surface area (Å²) >= 11 is 0. The monoisotopic (exact) mass is 508 g/mol. The van der Waals surface area contributed by atoms with Crippen LogP contribution in [0.15, 0.2) is 71.3 Å². The summed E-state index contributed by atoms with van der Waals surface area (Å²) in [6.45, 7) is 14.3. The summed E-state index contributed by atoms with van der Waals surface area (Å²) < 4.78 is 0. The third kappa shape index (κ3) is 4.23. The molecule has 0 aliphatic heterocycles.